The number of nitrogens with one attached hydrogen (secondary N) is 1. The van der Waals surface area contributed by atoms with Crippen LogP contribution in [0.25, 0.3) is 0 Å². The fourth-order valence-corrected chi connectivity index (χ4v) is 1.72. The summed E-state index contributed by atoms with van der Waals surface area (Å²) in [5.74, 6) is -0.878. The Morgan fingerprint density at radius 2 is 2.18 bits per heavy atom. The number of hydrogen-bond acceptors (Lipinski definition) is 2. The van der Waals surface area contributed by atoms with E-state index in [0.717, 1.165) is 19.2 Å². The summed E-state index contributed by atoms with van der Waals surface area (Å²) in [4.78, 5) is 13.5. The van der Waals surface area contributed by atoms with E-state index >= 15 is 0 Å². The molecule has 0 unspecified atom stereocenters. The van der Waals surface area contributed by atoms with Crippen LogP contribution in [0.5, 0.6) is 0 Å². The Hall–Kier alpha value is -0.840. The third kappa shape index (κ3) is 2.89. The second-order valence-electron chi connectivity index (χ2n) is 3.85. The third-order valence-corrected chi connectivity index (χ3v) is 3.02. The van der Waals surface area contributed by atoms with Crippen molar-refractivity contribution in [3.63, 3.8) is 0 Å². The van der Waals surface area contributed by atoms with Gasteiger partial charge in [0.05, 0.1) is 11.6 Å². The van der Waals surface area contributed by atoms with Crippen molar-refractivity contribution in [2.45, 2.75) is 6.04 Å². The Balaban J connectivity index is 0.00000144. The lowest BCUT2D eigenvalue weighted by Gasteiger charge is -2.35. The zero-order valence-electron chi connectivity index (χ0n) is 9.24. The van der Waals surface area contributed by atoms with Crippen LogP contribution in [-0.4, -0.2) is 37.0 Å². The summed E-state index contributed by atoms with van der Waals surface area (Å²) in [5.41, 5.74) is 0.0683. The SMILES string of the molecule is CN(C(=O)c1ccc(Cl)cc1F)C1CNC1.Cl. The van der Waals surface area contributed by atoms with Crippen molar-refractivity contribution in [2.24, 2.45) is 0 Å². The van der Waals surface area contributed by atoms with Crippen LogP contribution >= 0.6 is 24.0 Å². The maximum atomic E-state index is 13.5. The van der Waals surface area contributed by atoms with Gasteiger partial charge in [-0.05, 0) is 18.2 Å². The second kappa shape index (κ2) is 5.67. The highest BCUT2D eigenvalue weighted by molar-refractivity contribution is 6.30. The first-order valence-electron chi connectivity index (χ1n) is 5.02. The highest BCUT2D eigenvalue weighted by atomic mass is 35.5. The number of halogens is 3. The number of hydrogen-bond donors (Lipinski definition) is 1. The van der Waals surface area contributed by atoms with Crippen molar-refractivity contribution in [3.8, 4) is 0 Å². The van der Waals surface area contributed by atoms with Gasteiger partial charge in [0.2, 0.25) is 0 Å². The van der Waals surface area contributed by atoms with Crippen LogP contribution in [-0.2, 0) is 0 Å². The Bertz CT molecular complexity index is 424. The number of benzene rings is 1. The lowest BCUT2D eigenvalue weighted by molar-refractivity contribution is 0.0676. The highest BCUT2D eigenvalue weighted by Gasteiger charge is 2.27. The summed E-state index contributed by atoms with van der Waals surface area (Å²) in [5, 5.41) is 3.36. The molecule has 0 bridgehead atoms. The van der Waals surface area contributed by atoms with Gasteiger partial charge < -0.3 is 10.2 Å². The predicted octanol–water partition coefficient (Wildman–Crippen LogP) is 1.94. The normalized spacial score (nSPS) is 14.8. The Morgan fingerprint density at radius 1 is 1.53 bits per heavy atom. The fourth-order valence-electron chi connectivity index (χ4n) is 1.57. The van der Waals surface area contributed by atoms with E-state index in [1.54, 1.807) is 11.9 Å². The van der Waals surface area contributed by atoms with Gasteiger partial charge in [0.25, 0.3) is 5.91 Å². The molecule has 1 heterocycles. The van der Waals surface area contributed by atoms with Crippen molar-refractivity contribution < 1.29 is 9.18 Å². The molecule has 0 spiro atoms. The number of nitrogens with zero attached hydrogens (tertiary/aromatic N) is 1. The van der Waals surface area contributed by atoms with Crippen molar-refractivity contribution in [1.82, 2.24) is 10.2 Å². The second-order valence-corrected chi connectivity index (χ2v) is 4.29. The van der Waals surface area contributed by atoms with Crippen LogP contribution in [0.15, 0.2) is 18.2 Å². The molecule has 0 aliphatic carbocycles. The number of amides is 1. The molecular formula is C11H13Cl2FN2O. The molecule has 1 aliphatic rings. The summed E-state index contributed by atoms with van der Waals surface area (Å²) in [6, 6.07) is 4.25. The van der Waals surface area contributed by atoms with E-state index in [9.17, 15) is 9.18 Å². The highest BCUT2D eigenvalue weighted by Crippen LogP contribution is 2.17. The minimum absolute atomic E-state index is 0. The molecule has 1 saturated heterocycles. The molecule has 3 nitrogen and oxygen atoms in total. The lowest BCUT2D eigenvalue weighted by atomic mass is 10.1. The van der Waals surface area contributed by atoms with Crippen molar-refractivity contribution >= 4 is 29.9 Å². The Labute approximate surface area is 110 Å². The molecule has 0 atom stereocenters. The molecule has 0 radical (unpaired) electrons. The molecule has 17 heavy (non-hydrogen) atoms. The maximum Gasteiger partial charge on any atom is 0.256 e. The molecule has 0 aromatic heterocycles. The molecule has 1 fully saturated rings. The van der Waals surface area contributed by atoms with Gasteiger partial charge in [-0.1, -0.05) is 11.6 Å². The Kier molecular flexibility index (Phi) is 4.74. The van der Waals surface area contributed by atoms with E-state index in [0.29, 0.717) is 5.02 Å². The molecule has 1 amide bonds. The zero-order chi connectivity index (χ0) is 11.7. The van der Waals surface area contributed by atoms with Gasteiger partial charge in [-0.2, -0.15) is 0 Å². The van der Waals surface area contributed by atoms with Crippen molar-refractivity contribution in [3.05, 3.63) is 34.6 Å². The Morgan fingerprint density at radius 3 is 2.65 bits per heavy atom. The lowest BCUT2D eigenvalue weighted by Crippen LogP contribution is -2.57. The summed E-state index contributed by atoms with van der Waals surface area (Å²) in [6.07, 6.45) is 0. The van der Waals surface area contributed by atoms with Gasteiger partial charge in [-0.3, -0.25) is 4.79 Å². The first-order valence-corrected chi connectivity index (χ1v) is 5.40. The molecule has 6 heteroatoms. The van der Waals surface area contributed by atoms with Gasteiger partial charge in [0, 0.05) is 25.2 Å². The average molecular weight is 279 g/mol. The minimum Gasteiger partial charge on any atom is -0.336 e. The largest absolute Gasteiger partial charge is 0.336 e. The van der Waals surface area contributed by atoms with Crippen LogP contribution in [0.2, 0.25) is 5.02 Å². The van der Waals surface area contributed by atoms with E-state index in [-0.39, 0.29) is 29.9 Å². The van der Waals surface area contributed by atoms with Crippen molar-refractivity contribution in [2.75, 3.05) is 20.1 Å². The molecule has 1 aliphatic heterocycles. The van der Waals surface area contributed by atoms with E-state index in [1.807, 2.05) is 0 Å². The molecule has 2 rings (SSSR count). The minimum atomic E-state index is -0.573. The summed E-state index contributed by atoms with van der Waals surface area (Å²) in [6.45, 7) is 1.52. The van der Waals surface area contributed by atoms with Crippen LogP contribution in [0.1, 0.15) is 10.4 Å². The molecule has 1 aromatic carbocycles. The molecule has 94 valence electrons. The van der Waals surface area contributed by atoms with Crippen LogP contribution in [0.3, 0.4) is 0 Å². The van der Waals surface area contributed by atoms with E-state index < -0.39 is 5.82 Å². The number of likely N-dealkylation sites (N-methyl/N-ethyl adjacent to an activating group) is 1. The van der Waals surface area contributed by atoms with Crippen LogP contribution in [0.4, 0.5) is 4.39 Å². The van der Waals surface area contributed by atoms with Gasteiger partial charge in [0.1, 0.15) is 5.82 Å². The van der Waals surface area contributed by atoms with E-state index in [2.05, 4.69) is 5.32 Å². The maximum absolute atomic E-state index is 13.5. The third-order valence-electron chi connectivity index (χ3n) is 2.79. The number of carbonyl (C=O) groups is 1. The molecule has 1 aromatic rings. The topological polar surface area (TPSA) is 32.3 Å². The standard InChI is InChI=1S/C11H12ClFN2O.ClH/c1-15(8-5-14-6-8)11(16)9-3-2-7(12)4-10(9)13;/h2-4,8,14H,5-6H2,1H3;1H. The predicted molar refractivity (Wildman–Crippen MR) is 67.4 cm³/mol. The van der Waals surface area contributed by atoms with Gasteiger partial charge in [0.15, 0.2) is 0 Å². The van der Waals surface area contributed by atoms with E-state index in [4.69, 9.17) is 11.6 Å². The summed E-state index contributed by atoms with van der Waals surface area (Å²) in [7, 11) is 1.68. The van der Waals surface area contributed by atoms with Crippen LogP contribution < -0.4 is 5.32 Å². The van der Waals surface area contributed by atoms with Gasteiger partial charge in [-0.15, -0.1) is 12.4 Å². The average Bonchev–Trinajstić information content (AvgIpc) is 2.14. The number of carbonyl (C=O) groups excluding carboxylic acids is 1. The first kappa shape index (κ1) is 14.2. The van der Waals surface area contributed by atoms with Gasteiger partial charge in [-0.25, -0.2) is 4.39 Å². The molecular weight excluding hydrogens is 266 g/mol. The van der Waals surface area contributed by atoms with E-state index in [1.165, 1.54) is 12.1 Å². The zero-order valence-corrected chi connectivity index (χ0v) is 10.8. The smallest absolute Gasteiger partial charge is 0.256 e. The quantitative estimate of drug-likeness (QED) is 0.897. The van der Waals surface area contributed by atoms with Crippen LogP contribution in [0, 0.1) is 5.82 Å². The summed E-state index contributed by atoms with van der Waals surface area (Å²) < 4.78 is 13.5. The van der Waals surface area contributed by atoms with Crippen molar-refractivity contribution in [1.29, 1.82) is 0 Å². The fraction of sp³-hybridized carbons (Fsp3) is 0.364. The number of rotatable bonds is 2. The summed E-state index contributed by atoms with van der Waals surface area (Å²) >= 11 is 5.63. The van der Waals surface area contributed by atoms with Gasteiger partial charge >= 0.3 is 0 Å². The molecule has 0 saturated carbocycles. The molecule has 1 N–H and O–H groups in total. The monoisotopic (exact) mass is 278 g/mol. The first-order chi connectivity index (χ1) is 7.59.